The number of nitrogens with one attached hydrogen (secondary N) is 2. The second kappa shape index (κ2) is 7.30. The molecule has 0 spiro atoms. The number of amides is 2. The number of alkyl halides is 3. The number of carbonyl (C=O) groups is 2. The predicted molar refractivity (Wildman–Crippen MR) is 93.3 cm³/mol. The number of hydrogen-bond acceptors (Lipinski definition) is 3. The van der Waals surface area contributed by atoms with Gasteiger partial charge < -0.3 is 15.4 Å². The Kier molecular flexibility index (Phi) is 5.07. The Bertz CT molecular complexity index is 867. The summed E-state index contributed by atoms with van der Waals surface area (Å²) >= 11 is 0. The second-order valence-electron chi connectivity index (χ2n) is 6.20. The van der Waals surface area contributed by atoms with Crippen LogP contribution in [0.4, 0.5) is 24.5 Å². The number of rotatable bonds is 5. The number of halogens is 3. The highest BCUT2D eigenvalue weighted by Gasteiger charge is 2.48. The lowest BCUT2D eigenvalue weighted by molar-refractivity contribution is -0.137. The molecule has 1 saturated carbocycles. The molecule has 0 bridgehead atoms. The quantitative estimate of drug-likeness (QED) is 0.829. The molecule has 1 aliphatic rings. The molecule has 142 valence electrons. The zero-order valence-electron chi connectivity index (χ0n) is 14.3. The Balaban J connectivity index is 1.62. The number of hydrogen-bond donors (Lipinski definition) is 2. The van der Waals surface area contributed by atoms with Crippen LogP contribution in [0, 0.1) is 11.8 Å². The average Bonchev–Trinajstić information content (AvgIpc) is 3.42. The van der Waals surface area contributed by atoms with Crippen molar-refractivity contribution in [2.24, 2.45) is 11.8 Å². The first kappa shape index (κ1) is 18.8. The average molecular weight is 378 g/mol. The molecule has 0 radical (unpaired) electrons. The predicted octanol–water partition coefficient (Wildman–Crippen LogP) is 3.93. The van der Waals surface area contributed by atoms with Gasteiger partial charge in [0.1, 0.15) is 5.75 Å². The van der Waals surface area contributed by atoms with E-state index in [0.29, 0.717) is 11.4 Å². The molecule has 1 fully saturated rings. The third-order valence-electron chi connectivity index (χ3n) is 4.29. The van der Waals surface area contributed by atoms with E-state index < -0.39 is 29.5 Å². The molecule has 2 unspecified atom stereocenters. The van der Waals surface area contributed by atoms with Crippen LogP contribution in [-0.2, 0) is 15.8 Å². The fraction of sp³-hybridized carbons (Fsp3) is 0.263. The van der Waals surface area contributed by atoms with Gasteiger partial charge in [0.05, 0.1) is 30.2 Å². The number of ether oxygens (including phenoxy) is 1. The van der Waals surface area contributed by atoms with E-state index in [-0.39, 0.29) is 18.0 Å². The van der Waals surface area contributed by atoms with E-state index in [0.717, 1.165) is 6.07 Å². The van der Waals surface area contributed by atoms with Crippen molar-refractivity contribution in [2.75, 3.05) is 17.7 Å². The zero-order chi connectivity index (χ0) is 19.6. The molecule has 3 rings (SSSR count). The van der Waals surface area contributed by atoms with E-state index in [1.165, 1.54) is 25.3 Å². The molecule has 2 aromatic rings. The molecule has 0 aliphatic heterocycles. The van der Waals surface area contributed by atoms with Crippen LogP contribution in [0.2, 0.25) is 0 Å². The van der Waals surface area contributed by atoms with Crippen molar-refractivity contribution in [1.29, 1.82) is 0 Å². The van der Waals surface area contributed by atoms with Crippen molar-refractivity contribution in [3.63, 3.8) is 0 Å². The smallest absolute Gasteiger partial charge is 0.418 e. The molecule has 0 aromatic heterocycles. The molecule has 2 atom stereocenters. The number of carbonyl (C=O) groups excluding carboxylic acids is 2. The molecule has 0 heterocycles. The third-order valence-corrected chi connectivity index (χ3v) is 4.29. The summed E-state index contributed by atoms with van der Waals surface area (Å²) in [6.07, 6.45) is -4.29. The Morgan fingerprint density at radius 3 is 2.33 bits per heavy atom. The molecule has 2 amide bonds. The molecule has 1 aliphatic carbocycles. The van der Waals surface area contributed by atoms with Gasteiger partial charge in [-0.25, -0.2) is 0 Å². The van der Waals surface area contributed by atoms with E-state index in [9.17, 15) is 22.8 Å². The minimum atomic E-state index is -4.57. The minimum Gasteiger partial charge on any atom is -0.497 e. The van der Waals surface area contributed by atoms with Crippen molar-refractivity contribution in [3.8, 4) is 5.75 Å². The first-order chi connectivity index (χ1) is 12.8. The largest absolute Gasteiger partial charge is 0.497 e. The number of anilines is 2. The van der Waals surface area contributed by atoms with Crippen LogP contribution in [0.15, 0.2) is 48.5 Å². The first-order valence-corrected chi connectivity index (χ1v) is 8.21. The monoisotopic (exact) mass is 378 g/mol. The van der Waals surface area contributed by atoms with Crippen LogP contribution in [0.5, 0.6) is 5.75 Å². The van der Waals surface area contributed by atoms with E-state index in [2.05, 4.69) is 10.6 Å². The van der Waals surface area contributed by atoms with Gasteiger partial charge in [0.2, 0.25) is 11.8 Å². The molecule has 2 aromatic carbocycles. The summed E-state index contributed by atoms with van der Waals surface area (Å²) in [4.78, 5) is 24.5. The number of methoxy groups -OCH3 is 1. The van der Waals surface area contributed by atoms with Gasteiger partial charge in [-0.15, -0.1) is 0 Å². The summed E-state index contributed by atoms with van der Waals surface area (Å²) in [5, 5.41) is 4.97. The Labute approximate surface area is 153 Å². The molecular weight excluding hydrogens is 361 g/mol. The molecule has 5 nitrogen and oxygen atoms in total. The van der Waals surface area contributed by atoms with Gasteiger partial charge in [-0.2, -0.15) is 13.2 Å². The topological polar surface area (TPSA) is 67.4 Å². The van der Waals surface area contributed by atoms with Crippen LogP contribution < -0.4 is 15.4 Å². The van der Waals surface area contributed by atoms with Gasteiger partial charge in [0, 0.05) is 11.8 Å². The van der Waals surface area contributed by atoms with E-state index in [4.69, 9.17) is 4.74 Å². The van der Waals surface area contributed by atoms with Gasteiger partial charge in [-0.1, -0.05) is 18.2 Å². The lowest BCUT2D eigenvalue weighted by Crippen LogP contribution is -2.22. The van der Waals surface area contributed by atoms with Crippen molar-refractivity contribution in [3.05, 3.63) is 54.1 Å². The normalized spacial score (nSPS) is 18.5. The molecule has 27 heavy (non-hydrogen) atoms. The maximum absolute atomic E-state index is 13.0. The second-order valence-corrected chi connectivity index (χ2v) is 6.20. The highest BCUT2D eigenvalue weighted by molar-refractivity contribution is 6.03. The zero-order valence-corrected chi connectivity index (χ0v) is 14.3. The summed E-state index contributed by atoms with van der Waals surface area (Å²) in [5.41, 5.74) is -0.710. The lowest BCUT2D eigenvalue weighted by Gasteiger charge is -2.13. The van der Waals surface area contributed by atoms with Crippen LogP contribution >= 0.6 is 0 Å². The summed E-state index contributed by atoms with van der Waals surface area (Å²) in [6.45, 7) is 0. The minimum absolute atomic E-state index is 0.288. The Hall–Kier alpha value is -3.03. The lowest BCUT2D eigenvalue weighted by atomic mass is 10.1. The molecule has 8 heteroatoms. The maximum atomic E-state index is 13.0. The SMILES string of the molecule is COc1cccc(NC(=O)C2CC2C(=O)Nc2ccccc2C(F)(F)F)c1. The third kappa shape index (κ3) is 4.39. The first-order valence-electron chi connectivity index (χ1n) is 8.21. The highest BCUT2D eigenvalue weighted by Crippen LogP contribution is 2.41. The van der Waals surface area contributed by atoms with Gasteiger partial charge in [0.25, 0.3) is 0 Å². The van der Waals surface area contributed by atoms with E-state index in [1.807, 2.05) is 0 Å². The summed E-state index contributed by atoms with van der Waals surface area (Å²) < 4.78 is 44.1. The van der Waals surface area contributed by atoms with Crippen molar-refractivity contribution >= 4 is 23.2 Å². The molecule has 0 saturated heterocycles. The fourth-order valence-electron chi connectivity index (χ4n) is 2.78. The summed E-state index contributed by atoms with van der Waals surface area (Å²) in [5.74, 6) is -1.61. The van der Waals surface area contributed by atoms with Gasteiger partial charge >= 0.3 is 6.18 Å². The summed E-state index contributed by atoms with van der Waals surface area (Å²) in [6, 6.07) is 11.5. The molecular formula is C19H17F3N2O3. The Morgan fingerprint density at radius 2 is 1.67 bits per heavy atom. The van der Waals surface area contributed by atoms with Crippen molar-refractivity contribution in [2.45, 2.75) is 12.6 Å². The van der Waals surface area contributed by atoms with E-state index in [1.54, 1.807) is 24.3 Å². The van der Waals surface area contributed by atoms with Crippen LogP contribution in [0.25, 0.3) is 0 Å². The van der Waals surface area contributed by atoms with E-state index >= 15 is 0 Å². The van der Waals surface area contributed by atoms with Gasteiger partial charge in [-0.05, 0) is 30.7 Å². The summed E-state index contributed by atoms with van der Waals surface area (Å²) in [7, 11) is 1.50. The van der Waals surface area contributed by atoms with Gasteiger partial charge in [0.15, 0.2) is 0 Å². The Morgan fingerprint density at radius 1 is 1.00 bits per heavy atom. The van der Waals surface area contributed by atoms with Crippen molar-refractivity contribution in [1.82, 2.24) is 0 Å². The number of para-hydroxylation sites is 1. The maximum Gasteiger partial charge on any atom is 0.418 e. The number of benzene rings is 2. The van der Waals surface area contributed by atoms with Crippen LogP contribution in [0.3, 0.4) is 0 Å². The molecule has 2 N–H and O–H groups in total. The van der Waals surface area contributed by atoms with Crippen LogP contribution in [0.1, 0.15) is 12.0 Å². The van der Waals surface area contributed by atoms with Crippen LogP contribution in [-0.4, -0.2) is 18.9 Å². The highest BCUT2D eigenvalue weighted by atomic mass is 19.4. The van der Waals surface area contributed by atoms with Gasteiger partial charge in [-0.3, -0.25) is 9.59 Å². The van der Waals surface area contributed by atoms with Crippen molar-refractivity contribution < 1.29 is 27.5 Å². The fourth-order valence-corrected chi connectivity index (χ4v) is 2.78. The standard InChI is InChI=1S/C19H17F3N2O3/c1-27-12-6-4-5-11(9-12)23-17(25)13-10-14(13)18(26)24-16-8-3-2-7-15(16)19(20,21)22/h2-9,13-14H,10H2,1H3,(H,23,25)(H,24,26).